The Morgan fingerprint density at radius 3 is 2.43 bits per heavy atom. The van der Waals surface area contributed by atoms with Gasteiger partial charge in [-0.25, -0.2) is 9.38 Å². The number of aliphatic imine (C=N–C) groups is 1. The van der Waals surface area contributed by atoms with Crippen LogP contribution in [0.2, 0.25) is 0 Å². The number of likely N-dealkylation sites (N-methyl/N-ethyl adjacent to an activating group) is 1. The summed E-state index contributed by atoms with van der Waals surface area (Å²) in [5, 5.41) is 2.98. The van der Waals surface area contributed by atoms with Crippen LogP contribution in [0.3, 0.4) is 0 Å². The fraction of sp³-hybridized carbons (Fsp3) is 0.316. The minimum Gasteiger partial charge on any atom is -0.406 e. The zero-order valence-electron chi connectivity index (χ0n) is 15.5. The molecule has 28 heavy (non-hydrogen) atoms. The Bertz CT molecular complexity index is 791. The number of hydrogen-bond donors (Lipinski definition) is 2. The average molecular weight is 398 g/mol. The van der Waals surface area contributed by atoms with Crippen LogP contribution >= 0.6 is 0 Å². The van der Waals surface area contributed by atoms with Crippen LogP contribution in [0.25, 0.3) is 0 Å². The SMILES string of the molecule is CN(C)C(CNC(N)=NCc1ccc(OC(F)(F)F)cc1)c1cccc(F)c1. The predicted octanol–water partition coefficient (Wildman–Crippen LogP) is 3.43. The molecule has 0 aliphatic carbocycles. The monoisotopic (exact) mass is 398 g/mol. The molecule has 2 rings (SSSR count). The number of nitrogens with two attached hydrogens (primary N) is 1. The molecule has 0 radical (unpaired) electrons. The van der Waals surface area contributed by atoms with Gasteiger partial charge in [-0.3, -0.25) is 0 Å². The molecule has 2 aromatic carbocycles. The molecular formula is C19H22F4N4O. The van der Waals surface area contributed by atoms with Crippen LogP contribution in [0.4, 0.5) is 17.6 Å². The lowest BCUT2D eigenvalue weighted by Crippen LogP contribution is -2.38. The van der Waals surface area contributed by atoms with Gasteiger partial charge in [0.05, 0.1) is 12.6 Å². The first-order valence-electron chi connectivity index (χ1n) is 8.44. The first kappa shape index (κ1) is 21.5. The van der Waals surface area contributed by atoms with Crippen molar-refractivity contribution in [3.63, 3.8) is 0 Å². The van der Waals surface area contributed by atoms with Gasteiger partial charge in [0.25, 0.3) is 0 Å². The van der Waals surface area contributed by atoms with Gasteiger partial charge in [-0.2, -0.15) is 0 Å². The molecule has 3 N–H and O–H groups in total. The third-order valence-electron chi connectivity index (χ3n) is 3.92. The molecule has 2 aromatic rings. The van der Waals surface area contributed by atoms with Crippen molar-refractivity contribution in [2.75, 3.05) is 20.6 Å². The molecule has 1 atom stereocenters. The summed E-state index contributed by atoms with van der Waals surface area (Å²) in [6.07, 6.45) is -4.72. The lowest BCUT2D eigenvalue weighted by atomic mass is 10.1. The summed E-state index contributed by atoms with van der Waals surface area (Å²) in [5.74, 6) is -0.432. The standard InChI is InChI=1S/C19H22F4N4O/c1-27(2)17(14-4-3-5-15(20)10-14)12-26-18(24)25-11-13-6-8-16(9-7-13)28-19(21,22)23/h3-10,17H,11-12H2,1-2H3,(H3,24,25,26). The van der Waals surface area contributed by atoms with Gasteiger partial charge in [-0.15, -0.1) is 13.2 Å². The highest BCUT2D eigenvalue weighted by molar-refractivity contribution is 5.77. The summed E-state index contributed by atoms with van der Waals surface area (Å²) in [6, 6.07) is 11.6. The van der Waals surface area contributed by atoms with Crippen molar-refractivity contribution in [3.8, 4) is 5.75 Å². The first-order valence-corrected chi connectivity index (χ1v) is 8.44. The molecule has 0 bridgehead atoms. The highest BCUT2D eigenvalue weighted by atomic mass is 19.4. The summed E-state index contributed by atoms with van der Waals surface area (Å²) < 4.78 is 53.7. The normalized spacial score (nSPS) is 13.5. The molecule has 0 aliphatic rings. The lowest BCUT2D eigenvalue weighted by Gasteiger charge is -2.25. The average Bonchev–Trinajstić information content (AvgIpc) is 2.60. The molecular weight excluding hydrogens is 376 g/mol. The number of halogens is 4. The number of nitrogens with zero attached hydrogens (tertiary/aromatic N) is 2. The zero-order valence-corrected chi connectivity index (χ0v) is 15.5. The highest BCUT2D eigenvalue weighted by Crippen LogP contribution is 2.23. The molecule has 1 unspecified atom stereocenters. The Balaban J connectivity index is 1.92. The van der Waals surface area contributed by atoms with Crippen LogP contribution in [-0.2, 0) is 6.54 Å². The van der Waals surface area contributed by atoms with Gasteiger partial charge in [0.2, 0.25) is 0 Å². The molecule has 5 nitrogen and oxygen atoms in total. The largest absolute Gasteiger partial charge is 0.573 e. The van der Waals surface area contributed by atoms with Gasteiger partial charge in [0.15, 0.2) is 5.96 Å². The van der Waals surface area contributed by atoms with Gasteiger partial charge in [0.1, 0.15) is 11.6 Å². The molecule has 0 fully saturated rings. The van der Waals surface area contributed by atoms with Gasteiger partial charge in [-0.05, 0) is 49.5 Å². The minimum atomic E-state index is -4.72. The summed E-state index contributed by atoms with van der Waals surface area (Å²) in [4.78, 5) is 6.09. The van der Waals surface area contributed by atoms with E-state index in [0.29, 0.717) is 12.1 Å². The molecule has 152 valence electrons. The van der Waals surface area contributed by atoms with E-state index in [2.05, 4.69) is 15.0 Å². The van der Waals surface area contributed by atoms with Gasteiger partial charge >= 0.3 is 6.36 Å². The second-order valence-electron chi connectivity index (χ2n) is 6.31. The fourth-order valence-corrected chi connectivity index (χ4v) is 2.54. The van der Waals surface area contributed by atoms with Crippen molar-refractivity contribution in [2.45, 2.75) is 18.9 Å². The van der Waals surface area contributed by atoms with Gasteiger partial charge in [0, 0.05) is 6.54 Å². The van der Waals surface area contributed by atoms with Crippen molar-refractivity contribution >= 4 is 5.96 Å². The van der Waals surface area contributed by atoms with Gasteiger partial charge in [-0.1, -0.05) is 24.3 Å². The number of nitrogens with one attached hydrogen (secondary N) is 1. The Labute approximate surface area is 160 Å². The van der Waals surface area contributed by atoms with Crippen molar-refractivity contribution in [1.29, 1.82) is 0 Å². The minimum absolute atomic E-state index is 0.122. The first-order chi connectivity index (χ1) is 13.1. The van der Waals surface area contributed by atoms with Crippen molar-refractivity contribution in [2.24, 2.45) is 10.7 Å². The van der Waals surface area contributed by atoms with Crippen LogP contribution in [0, 0.1) is 5.82 Å². The smallest absolute Gasteiger partial charge is 0.406 e. The molecule has 0 heterocycles. The summed E-state index contributed by atoms with van der Waals surface area (Å²) in [5.41, 5.74) is 7.34. The maximum atomic E-state index is 13.5. The molecule has 0 aromatic heterocycles. The van der Waals surface area contributed by atoms with E-state index in [9.17, 15) is 17.6 Å². The molecule has 0 amide bonds. The van der Waals surface area contributed by atoms with E-state index in [0.717, 1.165) is 5.56 Å². The summed E-state index contributed by atoms with van der Waals surface area (Å²) in [6.45, 7) is 0.599. The summed E-state index contributed by atoms with van der Waals surface area (Å²) >= 11 is 0. The quantitative estimate of drug-likeness (QED) is 0.426. The maximum absolute atomic E-state index is 13.5. The van der Waals surface area contributed by atoms with Crippen molar-refractivity contribution in [1.82, 2.24) is 10.2 Å². The number of benzene rings is 2. The third kappa shape index (κ3) is 7.07. The van der Waals surface area contributed by atoms with E-state index < -0.39 is 6.36 Å². The maximum Gasteiger partial charge on any atom is 0.573 e. The summed E-state index contributed by atoms with van der Waals surface area (Å²) in [7, 11) is 3.74. The van der Waals surface area contributed by atoms with Crippen LogP contribution < -0.4 is 15.8 Å². The van der Waals surface area contributed by atoms with E-state index in [1.54, 1.807) is 6.07 Å². The van der Waals surface area contributed by atoms with Crippen LogP contribution in [0.1, 0.15) is 17.2 Å². The number of guanidine groups is 1. The Kier molecular flexibility index (Phi) is 7.22. The second kappa shape index (κ2) is 9.41. The topological polar surface area (TPSA) is 62.9 Å². The Morgan fingerprint density at radius 1 is 1.18 bits per heavy atom. The van der Waals surface area contributed by atoms with E-state index in [1.165, 1.54) is 36.4 Å². The number of rotatable bonds is 7. The molecule has 0 saturated carbocycles. The molecule has 9 heteroatoms. The molecule has 0 saturated heterocycles. The van der Waals surface area contributed by atoms with Crippen molar-refractivity contribution in [3.05, 3.63) is 65.5 Å². The van der Waals surface area contributed by atoms with E-state index >= 15 is 0 Å². The molecule has 0 spiro atoms. The van der Waals surface area contributed by atoms with Crippen LogP contribution in [0.5, 0.6) is 5.75 Å². The number of hydrogen-bond acceptors (Lipinski definition) is 3. The van der Waals surface area contributed by atoms with Crippen molar-refractivity contribution < 1.29 is 22.3 Å². The number of alkyl halides is 3. The number of ether oxygens (including phenoxy) is 1. The van der Waals surface area contributed by atoms with Gasteiger partial charge < -0.3 is 20.7 Å². The van der Waals surface area contributed by atoms with Crippen LogP contribution in [-0.4, -0.2) is 37.9 Å². The molecule has 0 aliphatic heterocycles. The zero-order chi connectivity index (χ0) is 20.7. The van der Waals surface area contributed by atoms with E-state index in [1.807, 2.05) is 25.1 Å². The Hall–Kier alpha value is -2.81. The highest BCUT2D eigenvalue weighted by Gasteiger charge is 2.30. The fourth-order valence-electron chi connectivity index (χ4n) is 2.54. The van der Waals surface area contributed by atoms with Crippen LogP contribution in [0.15, 0.2) is 53.5 Å². The van der Waals surface area contributed by atoms with E-state index in [4.69, 9.17) is 5.73 Å². The Morgan fingerprint density at radius 2 is 1.86 bits per heavy atom. The second-order valence-corrected chi connectivity index (χ2v) is 6.31. The van der Waals surface area contributed by atoms with E-state index in [-0.39, 0.29) is 30.1 Å². The lowest BCUT2D eigenvalue weighted by molar-refractivity contribution is -0.274. The predicted molar refractivity (Wildman–Crippen MR) is 99.3 cm³/mol. The third-order valence-corrected chi connectivity index (χ3v) is 3.92.